The maximum absolute atomic E-state index is 6.33. The minimum Gasteiger partial charge on any atom is -0.459 e. The fourth-order valence-corrected chi connectivity index (χ4v) is 4.21. The van der Waals surface area contributed by atoms with E-state index in [2.05, 4.69) is 22.1 Å². The zero-order chi connectivity index (χ0) is 20.4. The summed E-state index contributed by atoms with van der Waals surface area (Å²) in [6.07, 6.45) is 3.98. The van der Waals surface area contributed by atoms with Gasteiger partial charge in [0.2, 0.25) is 0 Å². The number of nitrogens with one attached hydrogen (secondary N) is 1. The SMILES string of the molecule is CCCCN1C(=S)NC(c2ccccn2)C1c1ccc(-c2ccc(C)c(Cl)c2)o1. The van der Waals surface area contributed by atoms with E-state index in [4.69, 9.17) is 28.2 Å². The second kappa shape index (κ2) is 8.56. The van der Waals surface area contributed by atoms with E-state index in [-0.39, 0.29) is 12.1 Å². The molecule has 1 aliphatic rings. The highest BCUT2D eigenvalue weighted by atomic mass is 35.5. The predicted molar refractivity (Wildman–Crippen MR) is 121 cm³/mol. The Hall–Kier alpha value is -2.37. The molecule has 6 heteroatoms. The second-order valence-corrected chi connectivity index (χ2v) is 8.13. The van der Waals surface area contributed by atoms with E-state index in [0.717, 1.165) is 57.9 Å². The van der Waals surface area contributed by atoms with E-state index < -0.39 is 0 Å². The molecule has 1 saturated heterocycles. The molecule has 0 radical (unpaired) electrons. The molecule has 1 fully saturated rings. The van der Waals surface area contributed by atoms with E-state index >= 15 is 0 Å². The van der Waals surface area contributed by atoms with Crippen molar-refractivity contribution in [1.82, 2.24) is 15.2 Å². The van der Waals surface area contributed by atoms with Gasteiger partial charge in [0, 0.05) is 23.3 Å². The summed E-state index contributed by atoms with van der Waals surface area (Å²) in [5, 5.41) is 4.94. The van der Waals surface area contributed by atoms with Crippen LogP contribution in [-0.4, -0.2) is 21.5 Å². The van der Waals surface area contributed by atoms with Crippen LogP contribution >= 0.6 is 23.8 Å². The van der Waals surface area contributed by atoms with Gasteiger partial charge in [-0.15, -0.1) is 0 Å². The van der Waals surface area contributed by atoms with Gasteiger partial charge >= 0.3 is 0 Å². The highest BCUT2D eigenvalue weighted by molar-refractivity contribution is 7.80. The molecule has 0 saturated carbocycles. The number of unbranched alkanes of at least 4 members (excludes halogenated alkanes) is 1. The average molecular weight is 426 g/mol. The van der Waals surface area contributed by atoms with Crippen molar-refractivity contribution in [3.8, 4) is 11.3 Å². The topological polar surface area (TPSA) is 41.3 Å². The summed E-state index contributed by atoms with van der Waals surface area (Å²) in [4.78, 5) is 6.79. The molecule has 3 heterocycles. The lowest BCUT2D eigenvalue weighted by Gasteiger charge is -2.25. The van der Waals surface area contributed by atoms with Gasteiger partial charge in [-0.1, -0.05) is 43.1 Å². The lowest BCUT2D eigenvalue weighted by atomic mass is 10.0. The van der Waals surface area contributed by atoms with Gasteiger partial charge in [0.05, 0.1) is 11.7 Å². The molecule has 4 nitrogen and oxygen atoms in total. The summed E-state index contributed by atoms with van der Waals surface area (Å²) in [5.41, 5.74) is 2.97. The Balaban J connectivity index is 1.71. The molecule has 0 amide bonds. The van der Waals surface area contributed by atoms with Gasteiger partial charge in [0.25, 0.3) is 0 Å². The number of halogens is 1. The van der Waals surface area contributed by atoms with Crippen LogP contribution < -0.4 is 5.32 Å². The maximum atomic E-state index is 6.33. The van der Waals surface area contributed by atoms with Crippen LogP contribution in [0.1, 0.15) is 48.9 Å². The number of aromatic nitrogens is 1. The summed E-state index contributed by atoms with van der Waals surface area (Å²) < 4.78 is 6.33. The molecule has 0 spiro atoms. The summed E-state index contributed by atoms with van der Waals surface area (Å²) in [6, 6.07) is 15.9. The third kappa shape index (κ3) is 4.02. The highest BCUT2D eigenvalue weighted by Gasteiger charge is 2.41. The Kier molecular flexibility index (Phi) is 5.88. The third-order valence-electron chi connectivity index (χ3n) is 5.32. The molecule has 1 aromatic carbocycles. The van der Waals surface area contributed by atoms with Crippen LogP contribution in [0.2, 0.25) is 5.02 Å². The lowest BCUT2D eigenvalue weighted by Crippen LogP contribution is -2.30. The first kappa shape index (κ1) is 19.9. The van der Waals surface area contributed by atoms with Crippen LogP contribution in [0.5, 0.6) is 0 Å². The molecule has 1 aliphatic heterocycles. The fraction of sp³-hybridized carbons (Fsp3) is 0.304. The van der Waals surface area contributed by atoms with Gasteiger partial charge in [-0.25, -0.2) is 0 Å². The average Bonchev–Trinajstić information content (AvgIpc) is 3.34. The second-order valence-electron chi connectivity index (χ2n) is 7.34. The summed E-state index contributed by atoms with van der Waals surface area (Å²) in [5.74, 6) is 1.67. The Morgan fingerprint density at radius 3 is 2.79 bits per heavy atom. The Morgan fingerprint density at radius 1 is 1.21 bits per heavy atom. The predicted octanol–water partition coefficient (Wildman–Crippen LogP) is 6.08. The van der Waals surface area contributed by atoms with Gasteiger partial charge in [-0.2, -0.15) is 0 Å². The molecule has 1 N–H and O–H groups in total. The highest BCUT2D eigenvalue weighted by Crippen LogP contribution is 2.40. The molecule has 0 aliphatic carbocycles. The van der Waals surface area contributed by atoms with E-state index in [9.17, 15) is 0 Å². The van der Waals surface area contributed by atoms with Crippen molar-refractivity contribution in [2.24, 2.45) is 0 Å². The van der Waals surface area contributed by atoms with Gasteiger partial charge in [0.1, 0.15) is 17.6 Å². The van der Waals surface area contributed by atoms with E-state index in [1.54, 1.807) is 0 Å². The van der Waals surface area contributed by atoms with Crippen molar-refractivity contribution < 1.29 is 4.42 Å². The van der Waals surface area contributed by atoms with Crippen LogP contribution in [0.25, 0.3) is 11.3 Å². The van der Waals surface area contributed by atoms with Gasteiger partial charge < -0.3 is 14.6 Å². The molecular formula is C23H24ClN3OS. The number of benzene rings is 1. The maximum Gasteiger partial charge on any atom is 0.170 e. The van der Waals surface area contributed by atoms with E-state index in [0.29, 0.717) is 0 Å². The first-order valence-corrected chi connectivity index (χ1v) is 10.7. The monoisotopic (exact) mass is 425 g/mol. The standard InChI is InChI=1S/C23H24ClN3OS/c1-3-4-13-27-22(21(26-23(27)29)18-7-5-6-12-25-18)20-11-10-19(28-20)16-9-8-15(2)17(24)14-16/h5-12,14,21-22H,3-4,13H2,1-2H3,(H,26,29). The first-order valence-electron chi connectivity index (χ1n) is 9.93. The zero-order valence-electron chi connectivity index (χ0n) is 16.6. The van der Waals surface area contributed by atoms with Crippen LogP contribution in [0, 0.1) is 6.92 Å². The minimum absolute atomic E-state index is 0.0429. The number of hydrogen-bond donors (Lipinski definition) is 1. The Morgan fingerprint density at radius 2 is 2.07 bits per heavy atom. The number of pyridine rings is 1. The molecule has 2 atom stereocenters. The number of furan rings is 1. The third-order valence-corrected chi connectivity index (χ3v) is 6.08. The number of nitrogens with zero attached hydrogens (tertiary/aromatic N) is 2. The van der Waals surface area contributed by atoms with Gasteiger partial charge in [-0.3, -0.25) is 4.98 Å². The molecule has 2 unspecified atom stereocenters. The van der Waals surface area contributed by atoms with Crippen molar-refractivity contribution in [3.05, 3.63) is 76.8 Å². The van der Waals surface area contributed by atoms with Crippen LogP contribution in [-0.2, 0) is 0 Å². The number of thiocarbonyl (C=S) groups is 1. The molecule has 150 valence electrons. The van der Waals surface area contributed by atoms with Crippen molar-refractivity contribution in [3.63, 3.8) is 0 Å². The van der Waals surface area contributed by atoms with Gasteiger partial charge in [0.15, 0.2) is 5.11 Å². The van der Waals surface area contributed by atoms with Gasteiger partial charge in [-0.05, 0) is 61.5 Å². The van der Waals surface area contributed by atoms with Crippen molar-refractivity contribution in [2.45, 2.75) is 38.8 Å². The largest absolute Gasteiger partial charge is 0.459 e. The summed E-state index contributed by atoms with van der Waals surface area (Å²) in [7, 11) is 0. The first-order chi connectivity index (χ1) is 14.1. The van der Waals surface area contributed by atoms with Crippen LogP contribution in [0.15, 0.2) is 59.1 Å². The molecule has 29 heavy (non-hydrogen) atoms. The zero-order valence-corrected chi connectivity index (χ0v) is 18.1. The van der Waals surface area contributed by atoms with Crippen molar-refractivity contribution >= 4 is 28.9 Å². The minimum atomic E-state index is -0.0545. The molecule has 2 aromatic heterocycles. The Labute approximate surface area is 181 Å². The summed E-state index contributed by atoms with van der Waals surface area (Å²) >= 11 is 12.0. The van der Waals surface area contributed by atoms with Crippen molar-refractivity contribution in [1.29, 1.82) is 0 Å². The van der Waals surface area contributed by atoms with Crippen LogP contribution in [0.3, 0.4) is 0 Å². The molecule has 4 rings (SSSR count). The number of hydrogen-bond acceptors (Lipinski definition) is 3. The van der Waals surface area contributed by atoms with Crippen molar-refractivity contribution in [2.75, 3.05) is 6.54 Å². The van der Waals surface area contributed by atoms with Crippen LogP contribution in [0.4, 0.5) is 0 Å². The number of aryl methyl sites for hydroxylation is 1. The normalized spacial score (nSPS) is 18.9. The molecule has 0 bridgehead atoms. The van der Waals surface area contributed by atoms with E-state index in [1.165, 1.54) is 0 Å². The molecular weight excluding hydrogens is 402 g/mol. The Bertz CT molecular complexity index is 1000. The smallest absolute Gasteiger partial charge is 0.170 e. The molecule has 3 aromatic rings. The lowest BCUT2D eigenvalue weighted by molar-refractivity contribution is 0.271. The quantitative estimate of drug-likeness (QED) is 0.485. The summed E-state index contributed by atoms with van der Waals surface area (Å²) in [6.45, 7) is 5.06. The van der Waals surface area contributed by atoms with E-state index in [1.807, 2.05) is 61.7 Å². The fourth-order valence-electron chi connectivity index (χ4n) is 3.70. The number of rotatable bonds is 6.